The van der Waals surface area contributed by atoms with Crippen LogP contribution in [-0.4, -0.2) is 37.0 Å². The van der Waals surface area contributed by atoms with Crippen molar-refractivity contribution in [2.75, 3.05) is 20.2 Å². The van der Waals surface area contributed by atoms with Crippen LogP contribution in [0, 0.1) is 5.82 Å². The molecule has 2 aromatic carbocycles. The molecular weight excluding hydrogens is 343 g/mol. The number of carbonyl (C=O) groups is 1. The van der Waals surface area contributed by atoms with Crippen LogP contribution in [0.1, 0.15) is 30.4 Å². The lowest BCUT2D eigenvalue weighted by atomic mass is 10.1. The van der Waals surface area contributed by atoms with Crippen LogP contribution >= 0.6 is 0 Å². The molecule has 2 aromatic rings. The topological polar surface area (TPSA) is 41.6 Å². The van der Waals surface area contributed by atoms with E-state index < -0.39 is 0 Å². The van der Waals surface area contributed by atoms with E-state index in [1.54, 1.807) is 19.2 Å². The SMILES string of the molecule is COc1ccc(CCN2C(=O)CCC2CCNCc2ccc(F)cc2)cc1. The first kappa shape index (κ1) is 19.4. The van der Waals surface area contributed by atoms with Gasteiger partial charge in [-0.3, -0.25) is 4.79 Å². The highest BCUT2D eigenvalue weighted by molar-refractivity contribution is 5.78. The van der Waals surface area contributed by atoms with Gasteiger partial charge in [0, 0.05) is 25.6 Å². The van der Waals surface area contributed by atoms with Crippen LogP contribution < -0.4 is 10.1 Å². The first-order valence-corrected chi connectivity index (χ1v) is 9.53. The first-order valence-electron chi connectivity index (χ1n) is 9.53. The Labute approximate surface area is 160 Å². The summed E-state index contributed by atoms with van der Waals surface area (Å²) in [6.07, 6.45) is 3.37. The molecule has 1 saturated heterocycles. The summed E-state index contributed by atoms with van der Waals surface area (Å²) in [4.78, 5) is 14.3. The quantitative estimate of drug-likeness (QED) is 0.687. The van der Waals surface area contributed by atoms with Crippen molar-refractivity contribution >= 4 is 5.91 Å². The highest BCUT2D eigenvalue weighted by Gasteiger charge is 2.29. The number of nitrogens with one attached hydrogen (secondary N) is 1. The third-order valence-electron chi connectivity index (χ3n) is 5.15. The largest absolute Gasteiger partial charge is 0.497 e. The van der Waals surface area contributed by atoms with Crippen molar-refractivity contribution in [3.63, 3.8) is 0 Å². The van der Waals surface area contributed by atoms with E-state index in [9.17, 15) is 9.18 Å². The van der Waals surface area contributed by atoms with Gasteiger partial charge < -0.3 is 15.0 Å². The molecule has 0 bridgehead atoms. The van der Waals surface area contributed by atoms with Crippen LogP contribution in [0.25, 0.3) is 0 Å². The molecule has 1 aliphatic heterocycles. The molecule has 1 atom stereocenters. The zero-order valence-electron chi connectivity index (χ0n) is 15.8. The molecule has 0 aliphatic carbocycles. The minimum absolute atomic E-state index is 0.212. The second kappa shape index (κ2) is 9.51. The zero-order chi connectivity index (χ0) is 19.1. The summed E-state index contributed by atoms with van der Waals surface area (Å²) in [7, 11) is 1.66. The summed E-state index contributed by atoms with van der Waals surface area (Å²) < 4.78 is 18.1. The summed E-state index contributed by atoms with van der Waals surface area (Å²) in [5.74, 6) is 0.892. The molecule has 5 heteroatoms. The van der Waals surface area contributed by atoms with E-state index in [1.165, 1.54) is 17.7 Å². The smallest absolute Gasteiger partial charge is 0.222 e. The van der Waals surface area contributed by atoms with Crippen molar-refractivity contribution in [3.8, 4) is 5.75 Å². The average Bonchev–Trinajstić information content (AvgIpc) is 3.05. The molecule has 4 nitrogen and oxygen atoms in total. The van der Waals surface area contributed by atoms with Gasteiger partial charge in [0.25, 0.3) is 0 Å². The molecule has 144 valence electrons. The number of likely N-dealkylation sites (tertiary alicyclic amines) is 1. The predicted molar refractivity (Wildman–Crippen MR) is 104 cm³/mol. The molecule has 1 amide bonds. The minimum Gasteiger partial charge on any atom is -0.497 e. The minimum atomic E-state index is -0.212. The Balaban J connectivity index is 1.43. The molecule has 0 spiro atoms. The summed E-state index contributed by atoms with van der Waals surface area (Å²) in [6.45, 7) is 2.31. The van der Waals surface area contributed by atoms with Gasteiger partial charge in [0.15, 0.2) is 0 Å². The molecular formula is C22H27FN2O2. The number of methoxy groups -OCH3 is 1. The van der Waals surface area contributed by atoms with Crippen molar-refractivity contribution in [3.05, 3.63) is 65.5 Å². The fraction of sp³-hybridized carbons (Fsp3) is 0.409. The van der Waals surface area contributed by atoms with E-state index in [2.05, 4.69) is 17.4 Å². The molecule has 0 aromatic heterocycles. The Bertz CT molecular complexity index is 731. The second-order valence-electron chi connectivity index (χ2n) is 6.97. The summed E-state index contributed by atoms with van der Waals surface area (Å²) in [5, 5.41) is 3.40. The number of rotatable bonds is 9. The number of halogens is 1. The van der Waals surface area contributed by atoms with Crippen LogP contribution in [0.3, 0.4) is 0 Å². The standard InChI is InChI=1S/C22H27FN2O2/c1-27-21-9-4-17(5-10-21)13-15-25-20(8-11-22(25)26)12-14-24-16-18-2-6-19(23)7-3-18/h2-7,9-10,20,24H,8,11-16H2,1H3. The van der Waals surface area contributed by atoms with Gasteiger partial charge in [-0.2, -0.15) is 0 Å². The molecule has 1 N–H and O–H groups in total. The number of nitrogens with zero attached hydrogens (tertiary/aromatic N) is 1. The van der Waals surface area contributed by atoms with Crippen molar-refractivity contribution in [1.82, 2.24) is 10.2 Å². The summed E-state index contributed by atoms with van der Waals surface area (Å²) in [6, 6.07) is 14.9. The van der Waals surface area contributed by atoms with E-state index in [-0.39, 0.29) is 11.7 Å². The highest BCUT2D eigenvalue weighted by atomic mass is 19.1. The van der Waals surface area contributed by atoms with Crippen molar-refractivity contribution < 1.29 is 13.9 Å². The van der Waals surface area contributed by atoms with Crippen LogP contribution in [0.2, 0.25) is 0 Å². The molecule has 1 heterocycles. The number of carbonyl (C=O) groups excluding carboxylic acids is 1. The Morgan fingerprint density at radius 3 is 2.52 bits per heavy atom. The van der Waals surface area contributed by atoms with Gasteiger partial charge in [0.05, 0.1) is 7.11 Å². The Kier molecular flexibility index (Phi) is 6.82. The normalized spacial score (nSPS) is 16.7. The van der Waals surface area contributed by atoms with Gasteiger partial charge in [-0.1, -0.05) is 24.3 Å². The molecule has 27 heavy (non-hydrogen) atoms. The van der Waals surface area contributed by atoms with E-state index in [4.69, 9.17) is 4.74 Å². The Morgan fingerprint density at radius 1 is 1.11 bits per heavy atom. The average molecular weight is 370 g/mol. The lowest BCUT2D eigenvalue weighted by Crippen LogP contribution is -2.36. The number of ether oxygens (including phenoxy) is 1. The molecule has 1 fully saturated rings. The van der Waals surface area contributed by atoms with Gasteiger partial charge in [0.2, 0.25) is 5.91 Å². The maximum atomic E-state index is 12.9. The molecule has 0 radical (unpaired) electrons. The van der Waals surface area contributed by atoms with Gasteiger partial charge in [0.1, 0.15) is 11.6 Å². The highest BCUT2D eigenvalue weighted by Crippen LogP contribution is 2.22. The van der Waals surface area contributed by atoms with Gasteiger partial charge in [-0.05, 0) is 61.2 Å². The zero-order valence-corrected chi connectivity index (χ0v) is 15.8. The van der Waals surface area contributed by atoms with Gasteiger partial charge in [-0.15, -0.1) is 0 Å². The fourth-order valence-corrected chi connectivity index (χ4v) is 3.55. The van der Waals surface area contributed by atoms with Crippen molar-refractivity contribution in [1.29, 1.82) is 0 Å². The second-order valence-corrected chi connectivity index (χ2v) is 6.97. The number of hydrogen-bond acceptors (Lipinski definition) is 3. The molecule has 0 saturated carbocycles. The van der Waals surface area contributed by atoms with Crippen molar-refractivity contribution in [2.24, 2.45) is 0 Å². The maximum absolute atomic E-state index is 12.9. The summed E-state index contributed by atoms with van der Waals surface area (Å²) in [5.41, 5.74) is 2.28. The Hall–Kier alpha value is -2.40. The summed E-state index contributed by atoms with van der Waals surface area (Å²) >= 11 is 0. The monoisotopic (exact) mass is 370 g/mol. The maximum Gasteiger partial charge on any atom is 0.222 e. The molecule has 1 aliphatic rings. The Morgan fingerprint density at radius 2 is 1.81 bits per heavy atom. The van der Waals surface area contributed by atoms with Crippen LogP contribution in [0.15, 0.2) is 48.5 Å². The molecule has 1 unspecified atom stereocenters. The molecule has 3 rings (SSSR count). The third-order valence-corrected chi connectivity index (χ3v) is 5.15. The van der Waals surface area contributed by atoms with Crippen LogP contribution in [-0.2, 0) is 17.8 Å². The van der Waals surface area contributed by atoms with E-state index >= 15 is 0 Å². The van der Waals surface area contributed by atoms with Gasteiger partial charge in [-0.25, -0.2) is 4.39 Å². The van der Waals surface area contributed by atoms with E-state index in [0.717, 1.165) is 43.7 Å². The fourth-order valence-electron chi connectivity index (χ4n) is 3.55. The van der Waals surface area contributed by atoms with Crippen LogP contribution in [0.4, 0.5) is 4.39 Å². The van der Waals surface area contributed by atoms with Gasteiger partial charge >= 0.3 is 0 Å². The number of hydrogen-bond donors (Lipinski definition) is 1. The number of amides is 1. The third kappa shape index (κ3) is 5.54. The number of benzene rings is 2. The lowest BCUT2D eigenvalue weighted by molar-refractivity contribution is -0.129. The predicted octanol–water partition coefficient (Wildman–Crippen LogP) is 3.55. The lowest BCUT2D eigenvalue weighted by Gasteiger charge is -2.25. The first-order chi connectivity index (χ1) is 13.2. The van der Waals surface area contributed by atoms with E-state index in [0.29, 0.717) is 19.0 Å². The van der Waals surface area contributed by atoms with Crippen LogP contribution in [0.5, 0.6) is 5.75 Å². The van der Waals surface area contributed by atoms with E-state index in [1.807, 2.05) is 17.0 Å². The van der Waals surface area contributed by atoms with Crippen molar-refractivity contribution in [2.45, 2.75) is 38.3 Å².